The first-order valence-corrected chi connectivity index (χ1v) is 9.45. The van der Waals surface area contributed by atoms with Crippen molar-refractivity contribution < 1.29 is 18.7 Å². The fourth-order valence-electron chi connectivity index (χ4n) is 3.53. The smallest absolute Gasteiger partial charge is 0.349 e. The lowest BCUT2D eigenvalue weighted by molar-refractivity contribution is -0.145. The number of esters is 1. The van der Waals surface area contributed by atoms with Gasteiger partial charge in [-0.25, -0.2) is 4.79 Å². The Morgan fingerprint density at radius 3 is 2.64 bits per heavy atom. The van der Waals surface area contributed by atoms with Crippen LogP contribution in [0.4, 0.5) is 0 Å². The minimum atomic E-state index is -0.708. The lowest BCUT2D eigenvalue weighted by atomic mass is 10.0. The lowest BCUT2D eigenvalue weighted by Crippen LogP contribution is -2.44. The van der Waals surface area contributed by atoms with Gasteiger partial charge in [-0.1, -0.05) is 11.6 Å². The quantitative estimate of drug-likeness (QED) is 0.575. The number of benzene rings is 1. The number of halogens is 1. The van der Waals surface area contributed by atoms with Gasteiger partial charge in [-0.05, 0) is 51.2 Å². The molecule has 1 saturated heterocycles. The van der Waals surface area contributed by atoms with E-state index in [1.165, 1.54) is 13.2 Å². The molecule has 0 bridgehead atoms. The summed E-state index contributed by atoms with van der Waals surface area (Å²) in [5, 5.41) is 1.05. The van der Waals surface area contributed by atoms with Crippen molar-refractivity contribution in [1.29, 1.82) is 0 Å². The van der Waals surface area contributed by atoms with E-state index in [0.29, 0.717) is 29.0 Å². The average Bonchev–Trinajstić information content (AvgIpc) is 2.90. The van der Waals surface area contributed by atoms with Crippen LogP contribution in [-0.4, -0.2) is 62.0 Å². The van der Waals surface area contributed by atoms with Crippen LogP contribution in [0, 0.1) is 5.92 Å². The molecule has 2 aromatic rings. The number of hydrogen-bond donors (Lipinski definition) is 0. The van der Waals surface area contributed by atoms with Crippen LogP contribution in [0.25, 0.3) is 11.0 Å². The van der Waals surface area contributed by atoms with Gasteiger partial charge in [0.05, 0.1) is 13.0 Å². The second kappa shape index (κ2) is 8.32. The standard InChI is InChI=1S/C20H23ClN2O5/c1-22(2)15-6-4-12(19(25)27-3)10-23(11-15)18(24)16-9-13-8-14(21)5-7-17(13)28-20(16)26/h5,7-9,12,15H,4,6,10-11H2,1-3H3/t12-,15+/m0/s1. The summed E-state index contributed by atoms with van der Waals surface area (Å²) >= 11 is 6.01. The number of fused-ring (bicyclic) bond motifs is 1. The van der Waals surface area contributed by atoms with Gasteiger partial charge in [0, 0.05) is 29.5 Å². The first-order valence-electron chi connectivity index (χ1n) is 9.07. The summed E-state index contributed by atoms with van der Waals surface area (Å²) in [7, 11) is 5.20. The number of amides is 1. The number of ether oxygens (including phenoxy) is 1. The zero-order chi connectivity index (χ0) is 20.4. The number of rotatable bonds is 3. The van der Waals surface area contributed by atoms with E-state index in [9.17, 15) is 14.4 Å². The maximum atomic E-state index is 13.2. The van der Waals surface area contributed by atoms with E-state index >= 15 is 0 Å². The highest BCUT2D eigenvalue weighted by Crippen LogP contribution is 2.23. The first kappa shape index (κ1) is 20.4. The highest BCUT2D eigenvalue weighted by molar-refractivity contribution is 6.31. The molecule has 0 radical (unpaired) electrons. The summed E-state index contributed by atoms with van der Waals surface area (Å²) in [6.45, 7) is 0.606. The van der Waals surface area contributed by atoms with Gasteiger partial charge in [0.2, 0.25) is 0 Å². The third-order valence-corrected chi connectivity index (χ3v) is 5.43. The van der Waals surface area contributed by atoms with Gasteiger partial charge >= 0.3 is 11.6 Å². The van der Waals surface area contributed by atoms with Crippen LogP contribution in [0.1, 0.15) is 23.2 Å². The van der Waals surface area contributed by atoms with E-state index in [-0.39, 0.29) is 24.1 Å². The van der Waals surface area contributed by atoms with Crippen LogP contribution < -0.4 is 5.63 Å². The first-order chi connectivity index (χ1) is 13.3. The molecule has 1 aliphatic rings. The molecule has 1 aromatic carbocycles. The van der Waals surface area contributed by atoms with Crippen LogP contribution in [0.2, 0.25) is 5.02 Å². The molecule has 2 atom stereocenters. The molecule has 1 amide bonds. The Hall–Kier alpha value is -2.38. The Balaban J connectivity index is 1.97. The maximum Gasteiger partial charge on any atom is 0.349 e. The van der Waals surface area contributed by atoms with Crippen molar-refractivity contribution in [2.75, 3.05) is 34.3 Å². The van der Waals surface area contributed by atoms with E-state index in [0.717, 1.165) is 6.42 Å². The molecular formula is C20H23ClN2O5. The Labute approximate surface area is 167 Å². The monoisotopic (exact) mass is 406 g/mol. The minimum Gasteiger partial charge on any atom is -0.469 e. The van der Waals surface area contributed by atoms with Crippen LogP contribution in [0.15, 0.2) is 33.5 Å². The van der Waals surface area contributed by atoms with Crippen molar-refractivity contribution >= 4 is 34.4 Å². The largest absolute Gasteiger partial charge is 0.469 e. The SMILES string of the molecule is COC(=O)[C@H]1CC[C@@H](N(C)C)CN(C(=O)c2cc3cc(Cl)ccc3oc2=O)C1. The van der Waals surface area contributed by atoms with Crippen molar-refractivity contribution in [2.24, 2.45) is 5.92 Å². The van der Waals surface area contributed by atoms with Crippen molar-refractivity contribution in [3.05, 3.63) is 45.3 Å². The maximum absolute atomic E-state index is 13.2. The normalized spacial score (nSPS) is 20.2. The topological polar surface area (TPSA) is 80.1 Å². The van der Waals surface area contributed by atoms with E-state index in [1.807, 2.05) is 19.0 Å². The van der Waals surface area contributed by atoms with Crippen molar-refractivity contribution in [3.8, 4) is 0 Å². The summed E-state index contributed by atoms with van der Waals surface area (Å²) < 4.78 is 10.2. The van der Waals surface area contributed by atoms with Crippen LogP contribution in [-0.2, 0) is 9.53 Å². The summed E-state index contributed by atoms with van der Waals surface area (Å²) in [6.07, 6.45) is 1.36. The fraction of sp³-hybridized carbons (Fsp3) is 0.450. The predicted octanol–water partition coefficient (Wildman–Crippen LogP) is 2.40. The van der Waals surface area contributed by atoms with E-state index in [4.69, 9.17) is 20.8 Å². The number of carbonyl (C=O) groups is 2. The van der Waals surface area contributed by atoms with Crippen molar-refractivity contribution in [3.63, 3.8) is 0 Å². The second-order valence-electron chi connectivity index (χ2n) is 7.25. The molecule has 0 saturated carbocycles. The Morgan fingerprint density at radius 2 is 1.96 bits per heavy atom. The number of likely N-dealkylation sites (tertiary alicyclic amines) is 1. The molecule has 28 heavy (non-hydrogen) atoms. The molecule has 1 aromatic heterocycles. The summed E-state index contributed by atoms with van der Waals surface area (Å²) in [4.78, 5) is 41.3. The Kier molecular flexibility index (Phi) is 6.05. The molecule has 0 aliphatic carbocycles. The lowest BCUT2D eigenvalue weighted by Gasteiger charge is -2.28. The molecule has 8 heteroatoms. The van der Waals surface area contributed by atoms with Gasteiger partial charge in [0.1, 0.15) is 11.1 Å². The third-order valence-electron chi connectivity index (χ3n) is 5.20. The second-order valence-corrected chi connectivity index (χ2v) is 7.69. The zero-order valence-corrected chi connectivity index (χ0v) is 16.9. The molecule has 150 valence electrons. The van der Waals surface area contributed by atoms with E-state index in [1.54, 1.807) is 23.1 Å². The minimum absolute atomic E-state index is 0.0700. The molecule has 7 nitrogen and oxygen atoms in total. The van der Waals surface area contributed by atoms with Gasteiger partial charge < -0.3 is 19.0 Å². The van der Waals surface area contributed by atoms with E-state index < -0.39 is 17.5 Å². The average molecular weight is 407 g/mol. The zero-order valence-electron chi connectivity index (χ0n) is 16.1. The van der Waals surface area contributed by atoms with Crippen molar-refractivity contribution in [1.82, 2.24) is 9.80 Å². The summed E-state index contributed by atoms with van der Waals surface area (Å²) in [5.41, 5.74) is -0.418. The number of methoxy groups -OCH3 is 1. The van der Waals surface area contributed by atoms with Gasteiger partial charge in [-0.15, -0.1) is 0 Å². The van der Waals surface area contributed by atoms with Gasteiger partial charge in [0.25, 0.3) is 5.91 Å². The number of carbonyl (C=O) groups excluding carboxylic acids is 2. The van der Waals surface area contributed by atoms with Gasteiger partial charge in [-0.2, -0.15) is 0 Å². The van der Waals surface area contributed by atoms with Crippen molar-refractivity contribution in [2.45, 2.75) is 18.9 Å². The molecule has 1 aliphatic heterocycles. The number of nitrogens with zero attached hydrogens (tertiary/aromatic N) is 2. The van der Waals surface area contributed by atoms with Crippen LogP contribution in [0.5, 0.6) is 0 Å². The van der Waals surface area contributed by atoms with Gasteiger partial charge in [-0.3, -0.25) is 9.59 Å². The molecule has 1 fully saturated rings. The van der Waals surface area contributed by atoms with Crippen LogP contribution >= 0.6 is 11.6 Å². The van der Waals surface area contributed by atoms with Crippen LogP contribution in [0.3, 0.4) is 0 Å². The third kappa shape index (κ3) is 4.20. The molecular weight excluding hydrogens is 384 g/mol. The molecule has 0 N–H and O–H groups in total. The molecule has 0 spiro atoms. The number of likely N-dealkylation sites (N-methyl/N-ethyl adjacent to an activating group) is 1. The van der Waals surface area contributed by atoms with E-state index in [2.05, 4.69) is 0 Å². The molecule has 0 unspecified atom stereocenters. The summed E-state index contributed by atoms with van der Waals surface area (Å²) in [5.74, 6) is -1.24. The number of hydrogen-bond acceptors (Lipinski definition) is 6. The highest BCUT2D eigenvalue weighted by atomic mass is 35.5. The fourth-order valence-corrected chi connectivity index (χ4v) is 3.71. The Bertz CT molecular complexity index is 955. The van der Waals surface area contributed by atoms with Gasteiger partial charge in [0.15, 0.2) is 0 Å². The summed E-state index contributed by atoms with van der Waals surface area (Å²) in [6, 6.07) is 6.41. The highest BCUT2D eigenvalue weighted by Gasteiger charge is 2.33. The predicted molar refractivity (Wildman–Crippen MR) is 106 cm³/mol. The molecule has 2 heterocycles. The Morgan fingerprint density at radius 1 is 1.21 bits per heavy atom. The molecule has 3 rings (SSSR count).